The Morgan fingerprint density at radius 3 is 1.71 bits per heavy atom. The van der Waals surface area contributed by atoms with E-state index in [2.05, 4.69) is 80.5 Å². The van der Waals surface area contributed by atoms with Crippen LogP contribution in [0.25, 0.3) is 0 Å². The molecule has 0 saturated carbocycles. The molecule has 0 unspecified atom stereocenters. The van der Waals surface area contributed by atoms with Gasteiger partial charge in [-0.3, -0.25) is 4.90 Å². The van der Waals surface area contributed by atoms with Gasteiger partial charge >= 0.3 is 0 Å². The molecule has 0 amide bonds. The molecule has 3 aliphatic rings. The average Bonchev–Trinajstić information content (AvgIpc) is 3.24. The molecule has 0 fully saturated rings. The van der Waals surface area contributed by atoms with Gasteiger partial charge in [-0.1, -0.05) is 30.4 Å². The van der Waals surface area contributed by atoms with Gasteiger partial charge in [0.15, 0.2) is 0 Å². The minimum Gasteiger partial charge on any atom is -0.300 e. The van der Waals surface area contributed by atoms with E-state index in [1.807, 2.05) is 0 Å². The summed E-state index contributed by atoms with van der Waals surface area (Å²) in [6, 6.07) is 1.98. The predicted molar refractivity (Wildman–Crippen MR) is 135 cm³/mol. The highest BCUT2D eigenvalue weighted by Crippen LogP contribution is 2.13. The molecule has 0 spiro atoms. The first-order valence-corrected chi connectivity index (χ1v) is 12.7. The van der Waals surface area contributed by atoms with Crippen LogP contribution in [-0.2, 0) is 0 Å². The van der Waals surface area contributed by atoms with E-state index in [9.17, 15) is 4.39 Å². The summed E-state index contributed by atoms with van der Waals surface area (Å²) in [6.45, 7) is 20.2. The molecule has 0 aliphatic carbocycles. The third-order valence-electron chi connectivity index (χ3n) is 6.27. The van der Waals surface area contributed by atoms with Gasteiger partial charge in [0.05, 0.1) is 5.83 Å². The zero-order valence-corrected chi connectivity index (χ0v) is 21.3. The number of halogens is 1. The van der Waals surface area contributed by atoms with Crippen LogP contribution in [0.5, 0.6) is 0 Å². The fraction of sp³-hybridized carbons (Fsp3) is 0.778. The van der Waals surface area contributed by atoms with E-state index < -0.39 is 0 Å². The molecule has 0 N–H and O–H groups in total. The molecule has 3 rings (SSSR count). The summed E-state index contributed by atoms with van der Waals surface area (Å²) in [5.41, 5.74) is 0. The number of rotatable bonds is 3. The SMILES string of the molecule is CC(C)N1CC=CCCC1.CC(C)N1CCC=C(F)CC1.CC(C)N1CCC=CCC1. The summed E-state index contributed by atoms with van der Waals surface area (Å²) in [6.07, 6.45) is 17.4. The highest BCUT2D eigenvalue weighted by Gasteiger charge is 2.12. The highest BCUT2D eigenvalue weighted by molar-refractivity contribution is 4.95. The van der Waals surface area contributed by atoms with Gasteiger partial charge in [0, 0.05) is 57.3 Å². The lowest BCUT2D eigenvalue weighted by molar-refractivity contribution is 0.230. The Morgan fingerprint density at radius 1 is 0.613 bits per heavy atom. The van der Waals surface area contributed by atoms with E-state index in [0.29, 0.717) is 18.5 Å². The molecule has 0 bridgehead atoms. The van der Waals surface area contributed by atoms with Crippen LogP contribution in [0.15, 0.2) is 36.2 Å². The van der Waals surface area contributed by atoms with E-state index in [4.69, 9.17) is 0 Å². The first-order valence-electron chi connectivity index (χ1n) is 12.7. The quantitative estimate of drug-likeness (QED) is 0.472. The van der Waals surface area contributed by atoms with Gasteiger partial charge in [-0.25, -0.2) is 4.39 Å². The predicted octanol–water partition coefficient (Wildman–Crippen LogP) is 6.44. The van der Waals surface area contributed by atoms with Gasteiger partial charge in [0.25, 0.3) is 0 Å². The Kier molecular flexibility index (Phi) is 15.1. The zero-order valence-electron chi connectivity index (χ0n) is 21.3. The van der Waals surface area contributed by atoms with Gasteiger partial charge < -0.3 is 9.80 Å². The molecular formula is C27H50FN3. The van der Waals surface area contributed by atoms with Crippen molar-refractivity contribution in [3.05, 3.63) is 36.2 Å². The third kappa shape index (κ3) is 13.2. The molecule has 180 valence electrons. The summed E-state index contributed by atoms with van der Waals surface area (Å²) >= 11 is 0. The second kappa shape index (κ2) is 16.6. The molecule has 0 aromatic carbocycles. The van der Waals surface area contributed by atoms with Gasteiger partial charge in [-0.15, -0.1) is 0 Å². The third-order valence-corrected chi connectivity index (χ3v) is 6.27. The van der Waals surface area contributed by atoms with Crippen molar-refractivity contribution in [3.63, 3.8) is 0 Å². The van der Waals surface area contributed by atoms with Crippen LogP contribution in [0.1, 0.15) is 80.1 Å². The second-order valence-corrected chi connectivity index (χ2v) is 9.70. The van der Waals surface area contributed by atoms with Gasteiger partial charge in [0.1, 0.15) is 0 Å². The first kappa shape index (κ1) is 28.1. The molecule has 0 aromatic rings. The monoisotopic (exact) mass is 435 g/mol. The maximum Gasteiger partial charge on any atom is 0.0973 e. The highest BCUT2D eigenvalue weighted by atomic mass is 19.1. The molecule has 3 nitrogen and oxygen atoms in total. The maximum atomic E-state index is 12.7. The van der Waals surface area contributed by atoms with Crippen LogP contribution in [-0.4, -0.2) is 72.1 Å². The van der Waals surface area contributed by atoms with Gasteiger partial charge in [0.2, 0.25) is 0 Å². The summed E-state index contributed by atoms with van der Waals surface area (Å²) in [5, 5.41) is 0. The van der Waals surface area contributed by atoms with Gasteiger partial charge in [-0.2, -0.15) is 0 Å². The number of nitrogens with zero attached hydrogens (tertiary/aromatic N) is 3. The van der Waals surface area contributed by atoms with E-state index in [1.54, 1.807) is 6.08 Å². The number of hydrogen-bond acceptors (Lipinski definition) is 3. The van der Waals surface area contributed by atoms with Crippen LogP contribution in [0.2, 0.25) is 0 Å². The fourth-order valence-corrected chi connectivity index (χ4v) is 4.01. The molecule has 4 heteroatoms. The van der Waals surface area contributed by atoms with Crippen LogP contribution >= 0.6 is 0 Å². The smallest absolute Gasteiger partial charge is 0.0973 e. The van der Waals surface area contributed by atoms with Crippen LogP contribution in [0.3, 0.4) is 0 Å². The Bertz CT molecular complexity index is 527. The van der Waals surface area contributed by atoms with Crippen LogP contribution in [0, 0.1) is 0 Å². The normalized spacial score (nSPS) is 21.5. The van der Waals surface area contributed by atoms with Crippen molar-refractivity contribution in [3.8, 4) is 0 Å². The lowest BCUT2D eigenvalue weighted by atomic mass is 10.3. The van der Waals surface area contributed by atoms with Crippen molar-refractivity contribution >= 4 is 0 Å². The standard InChI is InChI=1S/C9H16FN.2C9H17N/c1-8(2)11-6-3-4-9(10)5-7-11;2*1-9(2)10-7-5-3-4-6-8-10/h4,8H,3,5-7H2,1-2H3;3,5,9H,4,6-8H2,1-2H3;3-4,9H,5-8H2,1-2H3. The summed E-state index contributed by atoms with van der Waals surface area (Å²) in [5.74, 6) is 0.0631. The fourth-order valence-electron chi connectivity index (χ4n) is 4.01. The van der Waals surface area contributed by atoms with Crippen molar-refractivity contribution in [1.82, 2.24) is 14.7 Å². The molecule has 3 heterocycles. The lowest BCUT2D eigenvalue weighted by Gasteiger charge is -2.23. The Hall–Kier alpha value is -0.970. The molecule has 0 atom stereocenters. The lowest BCUT2D eigenvalue weighted by Crippen LogP contribution is -2.31. The maximum absolute atomic E-state index is 12.7. The summed E-state index contributed by atoms with van der Waals surface area (Å²) in [7, 11) is 0. The first-order chi connectivity index (χ1) is 14.8. The van der Waals surface area contributed by atoms with Crippen LogP contribution in [0.4, 0.5) is 4.39 Å². The van der Waals surface area contributed by atoms with Crippen LogP contribution < -0.4 is 0 Å². The molecule has 0 aromatic heterocycles. The Morgan fingerprint density at radius 2 is 1.13 bits per heavy atom. The zero-order chi connectivity index (χ0) is 23.1. The molecule has 31 heavy (non-hydrogen) atoms. The van der Waals surface area contributed by atoms with E-state index in [1.165, 1.54) is 45.3 Å². The molecular weight excluding hydrogens is 385 g/mol. The summed E-state index contributed by atoms with van der Waals surface area (Å²) in [4.78, 5) is 7.34. The Labute approximate surface area is 193 Å². The topological polar surface area (TPSA) is 9.72 Å². The molecule has 0 saturated heterocycles. The second-order valence-electron chi connectivity index (χ2n) is 9.70. The summed E-state index contributed by atoms with van der Waals surface area (Å²) < 4.78 is 12.7. The van der Waals surface area contributed by atoms with E-state index in [0.717, 1.165) is 32.1 Å². The van der Waals surface area contributed by atoms with E-state index in [-0.39, 0.29) is 5.83 Å². The van der Waals surface area contributed by atoms with Crippen molar-refractivity contribution in [2.24, 2.45) is 0 Å². The average molecular weight is 436 g/mol. The minimum absolute atomic E-state index is 0.0631. The number of hydrogen-bond donors (Lipinski definition) is 0. The van der Waals surface area contributed by atoms with Gasteiger partial charge in [-0.05, 0) is 80.2 Å². The minimum atomic E-state index is 0.0631. The molecule has 0 radical (unpaired) electrons. The Balaban J connectivity index is 0.000000233. The van der Waals surface area contributed by atoms with Crippen molar-refractivity contribution in [2.75, 3.05) is 39.3 Å². The van der Waals surface area contributed by atoms with E-state index >= 15 is 0 Å². The molecule has 3 aliphatic heterocycles. The van der Waals surface area contributed by atoms with Crippen molar-refractivity contribution in [2.45, 2.75) is 98.2 Å². The van der Waals surface area contributed by atoms with Crippen molar-refractivity contribution < 1.29 is 4.39 Å². The number of allylic oxidation sites excluding steroid dienone is 1. The van der Waals surface area contributed by atoms with Crippen molar-refractivity contribution in [1.29, 1.82) is 0 Å². The largest absolute Gasteiger partial charge is 0.300 e.